The van der Waals surface area contributed by atoms with Crippen LogP contribution in [0.1, 0.15) is 12.8 Å². The minimum atomic E-state index is 0.323. The van der Waals surface area contributed by atoms with Crippen LogP contribution < -0.4 is 0 Å². The average Bonchev–Trinajstić information content (AvgIpc) is 1.89. The van der Waals surface area contributed by atoms with E-state index in [0.717, 1.165) is 19.2 Å². The van der Waals surface area contributed by atoms with Crippen molar-refractivity contribution in [3.63, 3.8) is 0 Å². The molecule has 0 bridgehead atoms. The first-order chi connectivity index (χ1) is 4.34. The fraction of sp³-hybridized carbons (Fsp3) is 0.571. The van der Waals surface area contributed by atoms with Gasteiger partial charge in [-0.05, 0) is 18.9 Å². The van der Waals surface area contributed by atoms with Gasteiger partial charge in [0.05, 0.1) is 0 Å². The second-order valence-electron chi connectivity index (χ2n) is 2.49. The number of hydrogen-bond donors (Lipinski definition) is 0. The molecule has 0 saturated carbocycles. The molecule has 48 valence electrons. The summed E-state index contributed by atoms with van der Waals surface area (Å²) in [5.41, 5.74) is 0. The normalized spacial score (nSPS) is 26.7. The highest BCUT2D eigenvalue weighted by atomic mass is 16.1. The van der Waals surface area contributed by atoms with Crippen LogP contribution in [0.3, 0.4) is 0 Å². The summed E-state index contributed by atoms with van der Waals surface area (Å²) < 4.78 is 0. The number of rotatable bonds is 1. The van der Waals surface area contributed by atoms with Crippen molar-refractivity contribution in [3.8, 4) is 0 Å². The van der Waals surface area contributed by atoms with E-state index >= 15 is 0 Å². The molecule has 1 atom stereocenters. The van der Waals surface area contributed by atoms with E-state index in [4.69, 9.17) is 0 Å². The zero-order chi connectivity index (χ0) is 6.69. The van der Waals surface area contributed by atoms with E-state index in [9.17, 15) is 4.79 Å². The zero-order valence-corrected chi connectivity index (χ0v) is 5.76. The Balaban J connectivity index is 2.55. The van der Waals surface area contributed by atoms with E-state index in [-0.39, 0.29) is 0 Å². The number of ketones is 1. The van der Waals surface area contributed by atoms with E-state index in [1.54, 1.807) is 6.08 Å². The third-order valence-corrected chi connectivity index (χ3v) is 1.86. The van der Waals surface area contributed by atoms with Gasteiger partial charge in [-0.3, -0.25) is 4.79 Å². The molecule has 0 spiro atoms. The van der Waals surface area contributed by atoms with Crippen LogP contribution in [0.15, 0.2) is 12.2 Å². The predicted octanol–water partition coefficient (Wildman–Crippen LogP) is 0.573. The van der Waals surface area contributed by atoms with Gasteiger partial charge in [0.1, 0.15) is 7.85 Å². The standard InChI is InChI=1S/C7H11BO/c8-5-6-3-1-2-4-7(6)9/h2,4,6H,1,3,5,8H2. The minimum absolute atomic E-state index is 0.323. The molecule has 0 fully saturated rings. The molecule has 0 aliphatic heterocycles. The molecule has 0 amide bonds. The lowest BCUT2D eigenvalue weighted by Gasteiger charge is -2.12. The molecule has 1 aliphatic carbocycles. The Kier molecular flexibility index (Phi) is 2.09. The van der Waals surface area contributed by atoms with Gasteiger partial charge in [-0.1, -0.05) is 12.4 Å². The lowest BCUT2D eigenvalue weighted by Crippen LogP contribution is -2.13. The van der Waals surface area contributed by atoms with Crippen LogP contribution in [0, 0.1) is 5.92 Å². The van der Waals surface area contributed by atoms with Crippen molar-refractivity contribution in [1.82, 2.24) is 0 Å². The van der Waals surface area contributed by atoms with Crippen molar-refractivity contribution in [2.45, 2.75) is 19.2 Å². The number of carbonyl (C=O) groups excluding carboxylic acids is 1. The Hall–Kier alpha value is -0.525. The van der Waals surface area contributed by atoms with Crippen molar-refractivity contribution in [2.75, 3.05) is 0 Å². The highest BCUT2D eigenvalue weighted by molar-refractivity contribution is 6.11. The molecule has 1 aliphatic rings. The van der Waals surface area contributed by atoms with Crippen molar-refractivity contribution >= 4 is 13.6 Å². The van der Waals surface area contributed by atoms with Crippen molar-refractivity contribution in [1.29, 1.82) is 0 Å². The Bertz CT molecular complexity index is 140. The molecular weight excluding hydrogens is 111 g/mol. The smallest absolute Gasteiger partial charge is 0.157 e. The lowest BCUT2D eigenvalue weighted by atomic mass is 9.82. The molecule has 9 heavy (non-hydrogen) atoms. The number of hydrogen-bond acceptors (Lipinski definition) is 1. The molecular formula is C7H11BO. The highest BCUT2D eigenvalue weighted by Crippen LogP contribution is 2.16. The van der Waals surface area contributed by atoms with Gasteiger partial charge in [-0.25, -0.2) is 0 Å². The van der Waals surface area contributed by atoms with Crippen molar-refractivity contribution in [3.05, 3.63) is 12.2 Å². The first-order valence-electron chi connectivity index (χ1n) is 3.55. The zero-order valence-electron chi connectivity index (χ0n) is 5.76. The van der Waals surface area contributed by atoms with Crippen LogP contribution in [-0.2, 0) is 4.79 Å². The summed E-state index contributed by atoms with van der Waals surface area (Å²) in [6, 6.07) is 0. The fourth-order valence-electron chi connectivity index (χ4n) is 1.18. The summed E-state index contributed by atoms with van der Waals surface area (Å²) in [6.45, 7) is 0. The Labute approximate surface area is 56.5 Å². The van der Waals surface area contributed by atoms with Crippen molar-refractivity contribution in [2.24, 2.45) is 5.92 Å². The number of carbonyl (C=O) groups is 1. The van der Waals surface area contributed by atoms with Crippen LogP contribution >= 0.6 is 0 Å². The van der Waals surface area contributed by atoms with Gasteiger partial charge in [-0.2, -0.15) is 0 Å². The van der Waals surface area contributed by atoms with Gasteiger partial charge >= 0.3 is 0 Å². The van der Waals surface area contributed by atoms with Gasteiger partial charge < -0.3 is 0 Å². The van der Waals surface area contributed by atoms with Crippen LogP contribution in [0.25, 0.3) is 0 Å². The Morgan fingerprint density at radius 1 is 1.78 bits per heavy atom. The predicted molar refractivity (Wildman–Crippen MR) is 40.2 cm³/mol. The second-order valence-corrected chi connectivity index (χ2v) is 2.49. The largest absolute Gasteiger partial charge is 0.295 e. The van der Waals surface area contributed by atoms with Gasteiger partial charge in [0.15, 0.2) is 5.78 Å². The van der Waals surface area contributed by atoms with Crippen LogP contribution in [-0.4, -0.2) is 13.6 Å². The molecule has 0 aromatic carbocycles. The third kappa shape index (κ3) is 1.44. The van der Waals surface area contributed by atoms with Gasteiger partial charge in [0.25, 0.3) is 0 Å². The van der Waals surface area contributed by atoms with Gasteiger partial charge in [0.2, 0.25) is 0 Å². The molecule has 0 saturated heterocycles. The lowest BCUT2D eigenvalue weighted by molar-refractivity contribution is -0.118. The highest BCUT2D eigenvalue weighted by Gasteiger charge is 2.14. The average molecular weight is 122 g/mol. The summed E-state index contributed by atoms with van der Waals surface area (Å²) in [6.07, 6.45) is 6.84. The maximum Gasteiger partial charge on any atom is 0.157 e. The Morgan fingerprint density at radius 2 is 2.56 bits per heavy atom. The maximum atomic E-state index is 10.9. The summed E-state index contributed by atoms with van der Waals surface area (Å²) in [5, 5.41) is 0. The van der Waals surface area contributed by atoms with Crippen molar-refractivity contribution < 1.29 is 4.79 Å². The van der Waals surface area contributed by atoms with E-state index in [2.05, 4.69) is 7.85 Å². The quantitative estimate of drug-likeness (QED) is 0.464. The third-order valence-electron chi connectivity index (χ3n) is 1.86. The van der Waals surface area contributed by atoms with Gasteiger partial charge in [-0.15, -0.1) is 0 Å². The van der Waals surface area contributed by atoms with Crippen LogP contribution in [0.5, 0.6) is 0 Å². The monoisotopic (exact) mass is 122 g/mol. The number of allylic oxidation sites excluding steroid dienone is 2. The van der Waals surface area contributed by atoms with E-state index in [0.29, 0.717) is 11.7 Å². The molecule has 0 aromatic heterocycles. The molecule has 0 N–H and O–H groups in total. The summed E-state index contributed by atoms with van der Waals surface area (Å²) in [4.78, 5) is 10.9. The SMILES string of the molecule is BCC1CCC=CC1=O. The van der Waals surface area contributed by atoms with E-state index in [1.807, 2.05) is 6.08 Å². The minimum Gasteiger partial charge on any atom is -0.295 e. The molecule has 0 radical (unpaired) electrons. The van der Waals surface area contributed by atoms with Crippen LogP contribution in [0.4, 0.5) is 0 Å². The Morgan fingerprint density at radius 3 is 3.00 bits per heavy atom. The molecule has 1 rings (SSSR count). The maximum absolute atomic E-state index is 10.9. The second kappa shape index (κ2) is 2.86. The van der Waals surface area contributed by atoms with E-state index < -0.39 is 0 Å². The molecule has 0 heterocycles. The van der Waals surface area contributed by atoms with E-state index in [1.165, 1.54) is 0 Å². The first kappa shape index (κ1) is 6.59. The molecule has 1 unspecified atom stereocenters. The molecule has 0 aromatic rings. The summed E-state index contributed by atoms with van der Waals surface area (Å²) in [5.74, 6) is 0.652. The summed E-state index contributed by atoms with van der Waals surface area (Å²) >= 11 is 0. The van der Waals surface area contributed by atoms with Gasteiger partial charge in [0, 0.05) is 5.92 Å². The fourth-order valence-corrected chi connectivity index (χ4v) is 1.18. The topological polar surface area (TPSA) is 17.1 Å². The molecule has 2 heteroatoms. The van der Waals surface area contributed by atoms with Crippen LogP contribution in [0.2, 0.25) is 6.32 Å². The molecule has 1 nitrogen and oxygen atoms in total. The first-order valence-corrected chi connectivity index (χ1v) is 3.55. The summed E-state index contributed by atoms with van der Waals surface area (Å²) in [7, 11) is 2.07.